The molecular formula is C17H20N4. The Hall–Kier alpha value is -2.12. The SMILES string of the molecule is CC(N)C1CCCCN1c1nc2ccccc2cc1C#N. The number of para-hydroxylation sites is 1. The van der Waals surface area contributed by atoms with Gasteiger partial charge in [0.1, 0.15) is 11.9 Å². The topological polar surface area (TPSA) is 65.9 Å². The molecular weight excluding hydrogens is 260 g/mol. The van der Waals surface area contributed by atoms with E-state index in [0.717, 1.165) is 36.1 Å². The molecule has 4 heteroatoms. The molecule has 1 saturated heterocycles. The number of benzene rings is 1. The van der Waals surface area contributed by atoms with Crippen molar-refractivity contribution in [3.63, 3.8) is 0 Å². The number of aromatic nitrogens is 1. The summed E-state index contributed by atoms with van der Waals surface area (Å²) in [6, 6.07) is 12.5. The van der Waals surface area contributed by atoms with Crippen molar-refractivity contribution in [2.45, 2.75) is 38.3 Å². The molecule has 2 unspecified atom stereocenters. The number of rotatable bonds is 2. The highest BCUT2D eigenvalue weighted by atomic mass is 15.2. The lowest BCUT2D eigenvalue weighted by Gasteiger charge is -2.39. The van der Waals surface area contributed by atoms with Crippen LogP contribution in [0, 0.1) is 11.3 Å². The second-order valence-electron chi connectivity index (χ2n) is 5.78. The predicted octanol–water partition coefficient (Wildman–Crippen LogP) is 2.81. The highest BCUT2D eigenvalue weighted by molar-refractivity contribution is 5.83. The smallest absolute Gasteiger partial charge is 0.147 e. The van der Waals surface area contributed by atoms with Crippen LogP contribution in [-0.2, 0) is 0 Å². The van der Waals surface area contributed by atoms with Crippen molar-refractivity contribution in [3.8, 4) is 6.07 Å². The third-order valence-electron chi connectivity index (χ3n) is 4.25. The zero-order valence-electron chi connectivity index (χ0n) is 12.3. The molecule has 2 aromatic rings. The molecule has 1 aromatic heterocycles. The van der Waals surface area contributed by atoms with Gasteiger partial charge in [-0.2, -0.15) is 5.26 Å². The van der Waals surface area contributed by atoms with Crippen molar-refractivity contribution in [1.82, 2.24) is 4.98 Å². The van der Waals surface area contributed by atoms with Crippen molar-refractivity contribution in [2.75, 3.05) is 11.4 Å². The minimum atomic E-state index is 0.0742. The summed E-state index contributed by atoms with van der Waals surface area (Å²) >= 11 is 0. The zero-order chi connectivity index (χ0) is 14.8. The number of nitriles is 1. The molecule has 2 atom stereocenters. The second-order valence-corrected chi connectivity index (χ2v) is 5.78. The maximum Gasteiger partial charge on any atom is 0.147 e. The van der Waals surface area contributed by atoms with Crippen LogP contribution in [0.15, 0.2) is 30.3 Å². The Morgan fingerprint density at radius 2 is 2.19 bits per heavy atom. The molecule has 0 aliphatic carbocycles. The Balaban J connectivity index is 2.11. The third kappa shape index (κ3) is 2.57. The van der Waals surface area contributed by atoms with Gasteiger partial charge >= 0.3 is 0 Å². The molecule has 3 rings (SSSR count). The molecule has 2 N–H and O–H groups in total. The molecule has 4 nitrogen and oxygen atoms in total. The second kappa shape index (κ2) is 5.71. The Morgan fingerprint density at radius 3 is 2.95 bits per heavy atom. The first kappa shape index (κ1) is 13.8. The minimum absolute atomic E-state index is 0.0742. The van der Waals surface area contributed by atoms with Gasteiger partial charge in [-0.15, -0.1) is 0 Å². The van der Waals surface area contributed by atoms with Gasteiger partial charge in [0.2, 0.25) is 0 Å². The van der Waals surface area contributed by atoms with E-state index in [1.165, 1.54) is 6.42 Å². The number of nitrogens with two attached hydrogens (primary N) is 1. The lowest BCUT2D eigenvalue weighted by molar-refractivity contribution is 0.411. The van der Waals surface area contributed by atoms with Crippen LogP contribution in [0.2, 0.25) is 0 Å². The van der Waals surface area contributed by atoms with Crippen LogP contribution in [0.1, 0.15) is 31.7 Å². The van der Waals surface area contributed by atoms with Gasteiger partial charge in [-0.1, -0.05) is 18.2 Å². The monoisotopic (exact) mass is 280 g/mol. The van der Waals surface area contributed by atoms with E-state index in [0.29, 0.717) is 5.56 Å². The Labute approximate surface area is 125 Å². The van der Waals surface area contributed by atoms with E-state index in [4.69, 9.17) is 10.7 Å². The molecule has 0 bridgehead atoms. The predicted molar refractivity (Wildman–Crippen MR) is 85.1 cm³/mol. The van der Waals surface area contributed by atoms with Gasteiger partial charge in [-0.05, 0) is 38.3 Å². The molecule has 108 valence electrons. The van der Waals surface area contributed by atoms with E-state index >= 15 is 0 Å². The Morgan fingerprint density at radius 1 is 1.38 bits per heavy atom. The molecule has 1 aliphatic rings. The highest BCUT2D eigenvalue weighted by Crippen LogP contribution is 2.29. The Bertz CT molecular complexity index is 687. The van der Waals surface area contributed by atoms with Crippen LogP contribution in [-0.4, -0.2) is 23.6 Å². The molecule has 0 radical (unpaired) electrons. The maximum absolute atomic E-state index is 9.49. The van der Waals surface area contributed by atoms with Crippen LogP contribution in [0.25, 0.3) is 10.9 Å². The third-order valence-corrected chi connectivity index (χ3v) is 4.25. The van der Waals surface area contributed by atoms with E-state index in [1.807, 2.05) is 37.3 Å². The fourth-order valence-corrected chi connectivity index (χ4v) is 3.17. The summed E-state index contributed by atoms with van der Waals surface area (Å²) in [5.74, 6) is 0.790. The lowest BCUT2D eigenvalue weighted by atomic mass is 9.96. The molecule has 1 aromatic carbocycles. The van der Waals surface area contributed by atoms with Gasteiger partial charge in [0.25, 0.3) is 0 Å². The number of piperidine rings is 1. The first-order chi connectivity index (χ1) is 10.2. The van der Waals surface area contributed by atoms with Crippen LogP contribution < -0.4 is 10.6 Å². The van der Waals surface area contributed by atoms with Crippen LogP contribution in [0.3, 0.4) is 0 Å². The fraction of sp³-hybridized carbons (Fsp3) is 0.412. The van der Waals surface area contributed by atoms with E-state index in [1.54, 1.807) is 0 Å². The number of pyridine rings is 1. The molecule has 0 spiro atoms. The summed E-state index contributed by atoms with van der Waals surface area (Å²) in [4.78, 5) is 6.99. The summed E-state index contributed by atoms with van der Waals surface area (Å²) < 4.78 is 0. The first-order valence-electron chi connectivity index (χ1n) is 7.53. The van der Waals surface area contributed by atoms with Crippen molar-refractivity contribution in [2.24, 2.45) is 5.73 Å². The lowest BCUT2D eigenvalue weighted by Crippen LogP contribution is -2.49. The number of anilines is 1. The highest BCUT2D eigenvalue weighted by Gasteiger charge is 2.28. The summed E-state index contributed by atoms with van der Waals surface area (Å²) in [7, 11) is 0. The summed E-state index contributed by atoms with van der Waals surface area (Å²) in [6.45, 7) is 2.96. The number of nitrogens with zero attached hydrogens (tertiary/aromatic N) is 3. The molecule has 0 saturated carbocycles. The normalized spacial score (nSPS) is 20.2. The van der Waals surface area contributed by atoms with Gasteiger partial charge < -0.3 is 10.6 Å². The first-order valence-corrected chi connectivity index (χ1v) is 7.53. The number of hydrogen-bond acceptors (Lipinski definition) is 4. The van der Waals surface area contributed by atoms with E-state index < -0.39 is 0 Å². The maximum atomic E-state index is 9.49. The van der Waals surface area contributed by atoms with Crippen LogP contribution in [0.5, 0.6) is 0 Å². The molecule has 2 heterocycles. The summed E-state index contributed by atoms with van der Waals surface area (Å²) in [5, 5.41) is 10.5. The molecule has 0 amide bonds. The Kier molecular flexibility index (Phi) is 3.76. The van der Waals surface area contributed by atoms with Gasteiger partial charge in [-0.25, -0.2) is 4.98 Å². The molecule has 21 heavy (non-hydrogen) atoms. The standard InChI is InChI=1S/C17H20N4/c1-12(19)16-8-4-5-9-21(16)17-14(11-18)10-13-6-2-3-7-15(13)20-17/h2-3,6-7,10,12,16H,4-5,8-9,19H2,1H3. The van der Waals surface area contributed by atoms with Gasteiger partial charge in [0.15, 0.2) is 0 Å². The largest absolute Gasteiger partial charge is 0.351 e. The quantitative estimate of drug-likeness (QED) is 0.918. The summed E-state index contributed by atoms with van der Waals surface area (Å²) in [6.07, 6.45) is 3.39. The van der Waals surface area contributed by atoms with Gasteiger partial charge in [0, 0.05) is 24.0 Å². The van der Waals surface area contributed by atoms with Crippen molar-refractivity contribution < 1.29 is 0 Å². The number of fused-ring (bicyclic) bond motifs is 1. The van der Waals surface area contributed by atoms with Crippen molar-refractivity contribution in [3.05, 3.63) is 35.9 Å². The van der Waals surface area contributed by atoms with E-state index in [-0.39, 0.29) is 12.1 Å². The average molecular weight is 280 g/mol. The average Bonchev–Trinajstić information content (AvgIpc) is 2.53. The van der Waals surface area contributed by atoms with E-state index in [2.05, 4.69) is 11.0 Å². The van der Waals surface area contributed by atoms with Crippen LogP contribution >= 0.6 is 0 Å². The van der Waals surface area contributed by atoms with Crippen molar-refractivity contribution in [1.29, 1.82) is 5.26 Å². The zero-order valence-corrected chi connectivity index (χ0v) is 12.3. The minimum Gasteiger partial charge on any atom is -0.351 e. The van der Waals surface area contributed by atoms with E-state index in [9.17, 15) is 5.26 Å². The van der Waals surface area contributed by atoms with Crippen molar-refractivity contribution >= 4 is 16.7 Å². The molecule has 1 fully saturated rings. The van der Waals surface area contributed by atoms with Gasteiger partial charge in [0.05, 0.1) is 11.1 Å². The van der Waals surface area contributed by atoms with Crippen LogP contribution in [0.4, 0.5) is 5.82 Å². The number of hydrogen-bond donors (Lipinski definition) is 1. The molecule has 1 aliphatic heterocycles. The van der Waals surface area contributed by atoms with Gasteiger partial charge in [-0.3, -0.25) is 0 Å². The fourth-order valence-electron chi connectivity index (χ4n) is 3.17. The summed E-state index contributed by atoms with van der Waals surface area (Å²) in [5.41, 5.74) is 7.72.